The molecule has 25 heavy (non-hydrogen) atoms. The first kappa shape index (κ1) is 16.0. The number of hydrogen-bond donors (Lipinski definition) is 1. The molecule has 1 aliphatic rings. The molecule has 4 nitrogen and oxygen atoms in total. The van der Waals surface area contributed by atoms with Gasteiger partial charge < -0.3 is 4.57 Å². The minimum absolute atomic E-state index is 0.184. The maximum atomic E-state index is 11.9. The van der Waals surface area contributed by atoms with Crippen LogP contribution < -0.4 is 5.32 Å². The van der Waals surface area contributed by atoms with Gasteiger partial charge in [0.2, 0.25) is 5.91 Å². The SMILES string of the molecule is O=C1NC(=O)C(Cc2cn(CCc3ccccc3)c3ccccc23)S1. The lowest BCUT2D eigenvalue weighted by molar-refractivity contribution is -0.118. The molecule has 0 radical (unpaired) electrons. The van der Waals surface area contributed by atoms with E-state index >= 15 is 0 Å². The second-order valence-electron chi connectivity index (χ2n) is 6.19. The average Bonchev–Trinajstić information content (AvgIpc) is 3.14. The molecule has 1 unspecified atom stereocenters. The van der Waals surface area contributed by atoms with Gasteiger partial charge in [-0.2, -0.15) is 0 Å². The van der Waals surface area contributed by atoms with Crippen LogP contribution in [0.3, 0.4) is 0 Å². The molecule has 1 atom stereocenters. The molecule has 0 bridgehead atoms. The lowest BCUT2D eigenvalue weighted by Crippen LogP contribution is -2.25. The van der Waals surface area contributed by atoms with Crippen molar-refractivity contribution in [3.63, 3.8) is 0 Å². The van der Waals surface area contributed by atoms with E-state index < -0.39 is 0 Å². The number of benzene rings is 2. The molecule has 2 amide bonds. The third-order valence-electron chi connectivity index (χ3n) is 4.53. The highest BCUT2D eigenvalue weighted by Crippen LogP contribution is 2.28. The summed E-state index contributed by atoms with van der Waals surface area (Å²) in [6, 6.07) is 18.7. The van der Waals surface area contributed by atoms with Gasteiger partial charge in [-0.25, -0.2) is 0 Å². The smallest absolute Gasteiger partial charge is 0.286 e. The van der Waals surface area contributed by atoms with Gasteiger partial charge in [-0.1, -0.05) is 60.3 Å². The Kier molecular flexibility index (Phi) is 4.32. The van der Waals surface area contributed by atoms with Gasteiger partial charge in [0, 0.05) is 23.6 Å². The molecule has 126 valence electrons. The van der Waals surface area contributed by atoms with Crippen molar-refractivity contribution < 1.29 is 9.59 Å². The predicted octanol–water partition coefficient (Wildman–Crippen LogP) is 3.78. The summed E-state index contributed by atoms with van der Waals surface area (Å²) >= 11 is 1.09. The highest BCUT2D eigenvalue weighted by atomic mass is 32.2. The van der Waals surface area contributed by atoms with E-state index in [1.165, 1.54) is 11.1 Å². The quantitative estimate of drug-likeness (QED) is 0.762. The molecular formula is C20H18N2O2S. The van der Waals surface area contributed by atoms with Gasteiger partial charge in [-0.05, 0) is 30.0 Å². The zero-order chi connectivity index (χ0) is 17.2. The number of imide groups is 1. The average molecular weight is 350 g/mol. The van der Waals surface area contributed by atoms with Gasteiger partial charge in [-0.15, -0.1) is 0 Å². The van der Waals surface area contributed by atoms with Crippen LogP contribution in [-0.4, -0.2) is 21.0 Å². The Hall–Kier alpha value is -2.53. The maximum absolute atomic E-state index is 11.9. The number of nitrogens with zero attached hydrogens (tertiary/aromatic N) is 1. The molecule has 2 heterocycles. The fourth-order valence-electron chi connectivity index (χ4n) is 3.29. The largest absolute Gasteiger partial charge is 0.347 e. The van der Waals surface area contributed by atoms with E-state index in [1.807, 2.05) is 18.2 Å². The van der Waals surface area contributed by atoms with Gasteiger partial charge in [0.1, 0.15) is 0 Å². The summed E-state index contributed by atoms with van der Waals surface area (Å²) < 4.78 is 2.25. The summed E-state index contributed by atoms with van der Waals surface area (Å²) in [5.41, 5.74) is 3.59. The van der Waals surface area contributed by atoms with Gasteiger partial charge in [0.25, 0.3) is 5.24 Å². The zero-order valence-corrected chi connectivity index (χ0v) is 14.5. The summed E-state index contributed by atoms with van der Waals surface area (Å²) in [6.07, 6.45) is 3.65. The Balaban J connectivity index is 1.60. The van der Waals surface area contributed by atoms with Crippen LogP contribution in [0.5, 0.6) is 0 Å². The number of aryl methyl sites for hydroxylation is 2. The number of carbonyl (C=O) groups excluding carboxylic acids is 2. The number of thioether (sulfide) groups is 1. The summed E-state index contributed by atoms with van der Waals surface area (Å²) in [6.45, 7) is 0.882. The molecule has 3 aromatic rings. The van der Waals surface area contributed by atoms with E-state index in [-0.39, 0.29) is 16.4 Å². The van der Waals surface area contributed by atoms with Crippen molar-refractivity contribution in [2.24, 2.45) is 0 Å². The van der Waals surface area contributed by atoms with Gasteiger partial charge in [0.05, 0.1) is 5.25 Å². The van der Waals surface area contributed by atoms with Gasteiger partial charge in [-0.3, -0.25) is 14.9 Å². The molecule has 1 N–H and O–H groups in total. The van der Waals surface area contributed by atoms with Gasteiger partial charge in [0.15, 0.2) is 0 Å². The van der Waals surface area contributed by atoms with E-state index in [9.17, 15) is 9.59 Å². The predicted molar refractivity (Wildman–Crippen MR) is 101 cm³/mol. The van der Waals surface area contributed by atoms with E-state index in [4.69, 9.17) is 0 Å². The lowest BCUT2D eigenvalue weighted by Gasteiger charge is -2.05. The third-order valence-corrected chi connectivity index (χ3v) is 5.51. The Morgan fingerprint density at radius 2 is 1.76 bits per heavy atom. The Bertz CT molecular complexity index is 933. The molecule has 5 heteroatoms. The fraction of sp³-hybridized carbons (Fsp3) is 0.200. The number of rotatable bonds is 5. The second-order valence-corrected chi connectivity index (χ2v) is 7.36. The van der Waals surface area contributed by atoms with Crippen LogP contribution in [-0.2, 0) is 24.2 Å². The number of para-hydroxylation sites is 1. The minimum atomic E-state index is -0.333. The van der Waals surface area contributed by atoms with Crippen molar-refractivity contribution >= 4 is 33.8 Å². The van der Waals surface area contributed by atoms with E-state index in [1.54, 1.807) is 0 Å². The van der Waals surface area contributed by atoms with E-state index in [0.29, 0.717) is 6.42 Å². The zero-order valence-electron chi connectivity index (χ0n) is 13.6. The van der Waals surface area contributed by atoms with Crippen LogP contribution in [0.15, 0.2) is 60.8 Å². The third kappa shape index (κ3) is 3.33. The van der Waals surface area contributed by atoms with Crippen LogP contribution >= 0.6 is 11.8 Å². The van der Waals surface area contributed by atoms with Crippen molar-refractivity contribution in [3.05, 3.63) is 71.9 Å². The summed E-state index contributed by atoms with van der Waals surface area (Å²) in [5, 5.41) is 2.94. The molecule has 1 saturated heterocycles. The molecule has 0 spiro atoms. The molecular weight excluding hydrogens is 332 g/mol. The summed E-state index contributed by atoms with van der Waals surface area (Å²) in [7, 11) is 0. The molecule has 4 rings (SSSR count). The van der Waals surface area contributed by atoms with Crippen molar-refractivity contribution in [1.82, 2.24) is 9.88 Å². The van der Waals surface area contributed by atoms with E-state index in [2.05, 4.69) is 52.5 Å². The molecule has 0 saturated carbocycles. The number of carbonyl (C=O) groups is 2. The van der Waals surface area contributed by atoms with Crippen molar-refractivity contribution in [2.75, 3.05) is 0 Å². The first-order valence-corrected chi connectivity index (χ1v) is 9.21. The van der Waals surface area contributed by atoms with E-state index in [0.717, 1.165) is 35.7 Å². The van der Waals surface area contributed by atoms with Crippen molar-refractivity contribution in [3.8, 4) is 0 Å². The Morgan fingerprint density at radius 1 is 1.00 bits per heavy atom. The molecule has 1 aromatic heterocycles. The number of nitrogens with one attached hydrogen (secondary N) is 1. The molecule has 2 aromatic carbocycles. The normalized spacial score (nSPS) is 17.2. The van der Waals surface area contributed by atoms with Crippen LogP contribution in [0.1, 0.15) is 11.1 Å². The van der Waals surface area contributed by atoms with Crippen molar-refractivity contribution in [2.45, 2.75) is 24.6 Å². The van der Waals surface area contributed by atoms with Crippen LogP contribution in [0.25, 0.3) is 10.9 Å². The summed E-state index contributed by atoms with van der Waals surface area (Å²) in [4.78, 5) is 23.3. The Morgan fingerprint density at radius 3 is 2.52 bits per heavy atom. The fourth-order valence-corrected chi connectivity index (χ4v) is 4.14. The molecule has 0 aliphatic carbocycles. The molecule has 1 fully saturated rings. The van der Waals surface area contributed by atoms with Crippen LogP contribution in [0.4, 0.5) is 4.79 Å². The highest BCUT2D eigenvalue weighted by molar-refractivity contribution is 8.15. The number of aromatic nitrogens is 1. The van der Waals surface area contributed by atoms with Crippen LogP contribution in [0.2, 0.25) is 0 Å². The number of amides is 2. The summed E-state index contributed by atoms with van der Waals surface area (Å²) in [5.74, 6) is -0.184. The standard InChI is InChI=1S/C20H18N2O2S/c23-19-18(25-20(24)21-19)12-15-13-22(17-9-5-4-8-16(15)17)11-10-14-6-2-1-3-7-14/h1-9,13,18H,10-12H2,(H,21,23,24). The number of hydrogen-bond acceptors (Lipinski definition) is 3. The minimum Gasteiger partial charge on any atom is -0.347 e. The lowest BCUT2D eigenvalue weighted by atomic mass is 10.1. The molecule has 1 aliphatic heterocycles. The van der Waals surface area contributed by atoms with Crippen molar-refractivity contribution in [1.29, 1.82) is 0 Å². The maximum Gasteiger partial charge on any atom is 0.286 e. The highest BCUT2D eigenvalue weighted by Gasteiger charge is 2.32. The topological polar surface area (TPSA) is 51.1 Å². The first-order valence-electron chi connectivity index (χ1n) is 8.33. The second kappa shape index (κ2) is 6.76. The number of fused-ring (bicyclic) bond motifs is 1. The first-order chi connectivity index (χ1) is 12.2. The monoisotopic (exact) mass is 350 g/mol. The van der Waals surface area contributed by atoms with Gasteiger partial charge >= 0.3 is 0 Å². The van der Waals surface area contributed by atoms with Crippen LogP contribution in [0, 0.1) is 0 Å². The Labute approximate surface area is 150 Å².